The van der Waals surface area contributed by atoms with Gasteiger partial charge in [-0.05, 0) is 42.3 Å². The number of nitrogens with one attached hydrogen (secondary N) is 3. The van der Waals surface area contributed by atoms with Crippen LogP contribution in [0.25, 0.3) is 0 Å². The molecule has 8 heteroatoms. The van der Waals surface area contributed by atoms with E-state index < -0.39 is 11.8 Å². The summed E-state index contributed by atoms with van der Waals surface area (Å²) in [6.45, 7) is -0.270. The van der Waals surface area contributed by atoms with Crippen molar-refractivity contribution < 1.29 is 19.1 Å². The topological polar surface area (TPSA) is 96.5 Å². The number of aryl methyl sites for hydroxylation is 1. The molecule has 0 unspecified atom stereocenters. The van der Waals surface area contributed by atoms with Crippen LogP contribution in [0, 0.1) is 0 Å². The van der Waals surface area contributed by atoms with Crippen LogP contribution < -0.4 is 20.9 Å². The van der Waals surface area contributed by atoms with Gasteiger partial charge in [0, 0.05) is 12.1 Å². The zero-order valence-corrected chi connectivity index (χ0v) is 14.4. The zero-order valence-electron chi connectivity index (χ0n) is 13.7. The number of amides is 3. The Morgan fingerprint density at radius 3 is 2.73 bits per heavy atom. The molecule has 0 bridgehead atoms. The summed E-state index contributed by atoms with van der Waals surface area (Å²) in [5, 5.41) is 3.06. The lowest BCUT2D eigenvalue weighted by Gasteiger charge is -2.17. The molecule has 3 amide bonds. The molecule has 2 aromatic carbocycles. The summed E-state index contributed by atoms with van der Waals surface area (Å²) < 4.78 is 5.42. The van der Waals surface area contributed by atoms with Gasteiger partial charge in [0.25, 0.3) is 11.8 Å². The average Bonchev–Trinajstić information content (AvgIpc) is 2.64. The van der Waals surface area contributed by atoms with Crippen molar-refractivity contribution in [3.8, 4) is 5.75 Å². The largest absolute Gasteiger partial charge is 0.484 e. The molecular formula is C18H16ClN3O4. The molecule has 1 heterocycles. The first-order valence-corrected chi connectivity index (χ1v) is 8.30. The molecule has 26 heavy (non-hydrogen) atoms. The van der Waals surface area contributed by atoms with Gasteiger partial charge in [-0.15, -0.1) is 0 Å². The molecule has 0 saturated carbocycles. The molecule has 1 aliphatic rings. The van der Waals surface area contributed by atoms with E-state index in [-0.39, 0.29) is 23.1 Å². The van der Waals surface area contributed by atoms with Crippen molar-refractivity contribution >= 4 is 35.0 Å². The molecule has 134 valence electrons. The number of ether oxygens (including phenoxy) is 1. The predicted molar refractivity (Wildman–Crippen MR) is 95.9 cm³/mol. The number of carbonyl (C=O) groups excluding carboxylic acids is 3. The third-order valence-electron chi connectivity index (χ3n) is 3.78. The van der Waals surface area contributed by atoms with Crippen molar-refractivity contribution in [2.45, 2.75) is 12.8 Å². The van der Waals surface area contributed by atoms with E-state index in [0.29, 0.717) is 18.6 Å². The predicted octanol–water partition coefficient (Wildman–Crippen LogP) is 2.06. The third-order valence-corrected chi connectivity index (χ3v) is 4.11. The van der Waals surface area contributed by atoms with Gasteiger partial charge in [-0.25, -0.2) is 0 Å². The number of fused-ring (bicyclic) bond motifs is 1. The van der Waals surface area contributed by atoms with E-state index in [0.717, 1.165) is 11.3 Å². The number of carbonyl (C=O) groups is 3. The van der Waals surface area contributed by atoms with E-state index in [1.807, 2.05) is 0 Å². The molecule has 3 rings (SSSR count). The molecule has 0 spiro atoms. The number of hydrogen-bond donors (Lipinski definition) is 3. The van der Waals surface area contributed by atoms with Crippen LogP contribution in [-0.2, 0) is 16.0 Å². The fourth-order valence-corrected chi connectivity index (χ4v) is 2.70. The highest BCUT2D eigenvalue weighted by atomic mass is 35.5. The van der Waals surface area contributed by atoms with Crippen LogP contribution in [0.1, 0.15) is 22.3 Å². The molecule has 2 aromatic rings. The maximum Gasteiger partial charge on any atom is 0.276 e. The highest BCUT2D eigenvalue weighted by Gasteiger charge is 2.15. The quantitative estimate of drug-likeness (QED) is 0.715. The van der Waals surface area contributed by atoms with Crippen LogP contribution in [0.2, 0.25) is 5.02 Å². The van der Waals surface area contributed by atoms with Gasteiger partial charge in [-0.1, -0.05) is 23.7 Å². The van der Waals surface area contributed by atoms with Gasteiger partial charge in [-0.2, -0.15) is 0 Å². The summed E-state index contributed by atoms with van der Waals surface area (Å²) in [6, 6.07) is 11.7. The first-order valence-electron chi connectivity index (χ1n) is 7.92. The fraction of sp³-hybridized carbons (Fsp3) is 0.167. The highest BCUT2D eigenvalue weighted by molar-refractivity contribution is 6.33. The lowest BCUT2D eigenvalue weighted by molar-refractivity contribution is -0.123. The Bertz CT molecular complexity index is 869. The van der Waals surface area contributed by atoms with Gasteiger partial charge in [0.15, 0.2) is 6.61 Å². The van der Waals surface area contributed by atoms with Crippen molar-refractivity contribution in [2.24, 2.45) is 0 Å². The van der Waals surface area contributed by atoms with Gasteiger partial charge < -0.3 is 10.1 Å². The zero-order chi connectivity index (χ0) is 18.5. The monoisotopic (exact) mass is 373 g/mol. The Morgan fingerprint density at radius 2 is 1.92 bits per heavy atom. The van der Waals surface area contributed by atoms with Gasteiger partial charge >= 0.3 is 0 Å². The summed E-state index contributed by atoms with van der Waals surface area (Å²) in [6.07, 6.45) is 1.05. The Hall–Kier alpha value is -3.06. The maximum absolute atomic E-state index is 11.9. The van der Waals surface area contributed by atoms with E-state index in [1.54, 1.807) is 42.5 Å². The minimum absolute atomic E-state index is 0.0141. The summed E-state index contributed by atoms with van der Waals surface area (Å²) >= 11 is 5.92. The standard InChI is InChI=1S/C18H16ClN3O4/c19-14-4-2-1-3-13(14)18(25)22-21-17(24)10-26-12-6-7-15-11(9-12)5-8-16(23)20-15/h1-4,6-7,9H,5,8,10H2,(H,20,23)(H,21,24)(H,22,25). The van der Waals surface area contributed by atoms with Crippen molar-refractivity contribution in [1.82, 2.24) is 10.9 Å². The summed E-state index contributed by atoms with van der Waals surface area (Å²) in [5.74, 6) is -0.544. The van der Waals surface area contributed by atoms with Gasteiger partial charge in [0.05, 0.1) is 10.6 Å². The second-order valence-corrected chi connectivity index (χ2v) is 6.05. The van der Waals surface area contributed by atoms with E-state index in [9.17, 15) is 14.4 Å². The summed E-state index contributed by atoms with van der Waals surface area (Å²) in [4.78, 5) is 35.1. The van der Waals surface area contributed by atoms with Crippen LogP contribution in [0.3, 0.4) is 0 Å². The second kappa shape index (κ2) is 7.88. The molecule has 0 aliphatic carbocycles. The van der Waals surface area contributed by atoms with Crippen LogP contribution in [0.15, 0.2) is 42.5 Å². The van der Waals surface area contributed by atoms with E-state index in [1.165, 1.54) is 0 Å². The van der Waals surface area contributed by atoms with Crippen LogP contribution >= 0.6 is 11.6 Å². The molecule has 1 aliphatic heterocycles. The van der Waals surface area contributed by atoms with Gasteiger partial charge in [0.1, 0.15) is 5.75 Å². The first-order chi connectivity index (χ1) is 12.5. The molecule has 0 fully saturated rings. The van der Waals surface area contributed by atoms with Crippen LogP contribution in [0.5, 0.6) is 5.75 Å². The summed E-state index contributed by atoms with van der Waals surface area (Å²) in [5.41, 5.74) is 6.51. The number of halogens is 1. The molecule has 0 atom stereocenters. The highest BCUT2D eigenvalue weighted by Crippen LogP contribution is 2.26. The normalized spacial score (nSPS) is 12.6. The van der Waals surface area contributed by atoms with E-state index in [4.69, 9.17) is 16.3 Å². The molecular weight excluding hydrogens is 358 g/mol. The van der Waals surface area contributed by atoms with Gasteiger partial charge in [0.2, 0.25) is 5.91 Å². The minimum atomic E-state index is -0.520. The van der Waals surface area contributed by atoms with E-state index in [2.05, 4.69) is 16.2 Å². The molecule has 7 nitrogen and oxygen atoms in total. The minimum Gasteiger partial charge on any atom is -0.484 e. The fourth-order valence-electron chi connectivity index (χ4n) is 2.47. The smallest absolute Gasteiger partial charge is 0.276 e. The number of hydrogen-bond acceptors (Lipinski definition) is 4. The Kier molecular flexibility index (Phi) is 5.38. The van der Waals surface area contributed by atoms with Gasteiger partial charge in [-0.3, -0.25) is 25.2 Å². The van der Waals surface area contributed by atoms with Crippen molar-refractivity contribution in [1.29, 1.82) is 0 Å². The first kappa shape index (κ1) is 17.8. The van der Waals surface area contributed by atoms with Crippen molar-refractivity contribution in [3.63, 3.8) is 0 Å². The number of benzene rings is 2. The molecule has 0 aromatic heterocycles. The number of hydrazine groups is 1. The SMILES string of the molecule is O=C(COc1ccc2c(c1)CCC(=O)N2)NNC(=O)c1ccccc1Cl. The summed E-state index contributed by atoms with van der Waals surface area (Å²) in [7, 11) is 0. The van der Waals surface area contributed by atoms with Crippen LogP contribution in [0.4, 0.5) is 5.69 Å². The van der Waals surface area contributed by atoms with E-state index >= 15 is 0 Å². The lowest BCUT2D eigenvalue weighted by Crippen LogP contribution is -2.43. The Labute approximate surface area is 154 Å². The Balaban J connectivity index is 1.49. The number of rotatable bonds is 4. The van der Waals surface area contributed by atoms with Crippen molar-refractivity contribution in [2.75, 3.05) is 11.9 Å². The third kappa shape index (κ3) is 4.31. The lowest BCUT2D eigenvalue weighted by atomic mass is 10.0. The molecule has 0 saturated heterocycles. The second-order valence-electron chi connectivity index (χ2n) is 5.64. The average molecular weight is 374 g/mol. The van der Waals surface area contributed by atoms with Crippen molar-refractivity contribution in [3.05, 3.63) is 58.6 Å². The number of anilines is 1. The Morgan fingerprint density at radius 1 is 1.12 bits per heavy atom. The molecule has 0 radical (unpaired) electrons. The maximum atomic E-state index is 11.9. The van der Waals surface area contributed by atoms with Crippen LogP contribution in [-0.4, -0.2) is 24.3 Å². The molecule has 3 N–H and O–H groups in total.